The quantitative estimate of drug-likeness (QED) is 0.705. The number of nitrogens with zero attached hydrogens (tertiary/aromatic N) is 1. The first kappa shape index (κ1) is 17.2. The lowest BCUT2D eigenvalue weighted by molar-refractivity contribution is 0.351. The zero-order valence-corrected chi connectivity index (χ0v) is 15.3. The van der Waals surface area contributed by atoms with Crippen LogP contribution in [0.15, 0.2) is 53.4 Å². The number of phenolic OH excluding ortho intramolecular Hbond substituents is 1. The summed E-state index contributed by atoms with van der Waals surface area (Å²) in [7, 11) is 0. The molecule has 2 aromatic rings. The maximum atomic E-state index is 9.91. The zero-order chi connectivity index (χ0) is 17.0. The van der Waals surface area contributed by atoms with Crippen LogP contribution in [0.4, 0.5) is 11.4 Å². The minimum absolute atomic E-state index is 0.0607. The number of phenols is 1. The predicted molar refractivity (Wildman–Crippen MR) is 103 cm³/mol. The third kappa shape index (κ3) is 3.55. The monoisotopic (exact) mass is 342 g/mol. The number of rotatable bonds is 5. The van der Waals surface area contributed by atoms with Crippen molar-refractivity contribution < 1.29 is 5.11 Å². The summed E-state index contributed by atoms with van der Waals surface area (Å²) >= 11 is 1.65. The summed E-state index contributed by atoms with van der Waals surface area (Å²) in [6.07, 6.45) is 4.64. The molecule has 1 aliphatic rings. The van der Waals surface area contributed by atoms with Crippen molar-refractivity contribution in [1.82, 2.24) is 4.72 Å². The van der Waals surface area contributed by atoms with Gasteiger partial charge >= 0.3 is 0 Å². The van der Waals surface area contributed by atoms with Gasteiger partial charge in [0.15, 0.2) is 0 Å². The van der Waals surface area contributed by atoms with E-state index in [4.69, 9.17) is 0 Å². The van der Waals surface area contributed by atoms with E-state index in [1.165, 1.54) is 18.5 Å². The SMILES string of the molecule is CCCC[C@@]1(CC)CN(c2ccccc2)c2ccc(O)cc2SN1. The van der Waals surface area contributed by atoms with Crippen molar-refractivity contribution in [3.05, 3.63) is 48.5 Å². The van der Waals surface area contributed by atoms with Crippen LogP contribution in [-0.4, -0.2) is 17.2 Å². The van der Waals surface area contributed by atoms with Crippen LogP contribution in [0.3, 0.4) is 0 Å². The molecule has 4 heteroatoms. The number of benzene rings is 2. The van der Waals surface area contributed by atoms with E-state index >= 15 is 0 Å². The number of unbranched alkanes of at least 4 members (excludes halogenated alkanes) is 1. The lowest BCUT2D eigenvalue weighted by Gasteiger charge is -2.37. The second-order valence-corrected chi connectivity index (χ2v) is 7.36. The van der Waals surface area contributed by atoms with Crippen LogP contribution in [0.25, 0.3) is 0 Å². The van der Waals surface area contributed by atoms with Crippen molar-refractivity contribution in [2.24, 2.45) is 0 Å². The molecule has 24 heavy (non-hydrogen) atoms. The van der Waals surface area contributed by atoms with Gasteiger partial charge in [0.05, 0.1) is 10.6 Å². The third-order valence-electron chi connectivity index (χ3n) is 4.83. The van der Waals surface area contributed by atoms with Gasteiger partial charge < -0.3 is 10.0 Å². The van der Waals surface area contributed by atoms with Gasteiger partial charge in [-0.2, -0.15) is 0 Å². The van der Waals surface area contributed by atoms with Crippen LogP contribution >= 0.6 is 11.9 Å². The molecule has 0 spiro atoms. The van der Waals surface area contributed by atoms with Crippen LogP contribution < -0.4 is 9.62 Å². The first-order chi connectivity index (χ1) is 11.7. The summed E-state index contributed by atoms with van der Waals surface area (Å²) in [5.41, 5.74) is 2.41. The molecule has 2 aromatic carbocycles. The Balaban J connectivity index is 2.04. The van der Waals surface area contributed by atoms with Gasteiger partial charge in [0.2, 0.25) is 0 Å². The Hall–Kier alpha value is -1.65. The molecule has 0 bridgehead atoms. The normalized spacial score (nSPS) is 20.5. The van der Waals surface area contributed by atoms with Gasteiger partial charge in [-0.15, -0.1) is 0 Å². The molecule has 3 rings (SSSR count). The molecule has 0 aliphatic carbocycles. The molecular formula is C20H26N2OS. The van der Waals surface area contributed by atoms with Gasteiger partial charge in [-0.1, -0.05) is 44.9 Å². The molecule has 1 atom stereocenters. The number of para-hydroxylation sites is 1. The average molecular weight is 343 g/mol. The molecular weight excluding hydrogens is 316 g/mol. The van der Waals surface area contributed by atoms with Crippen LogP contribution in [-0.2, 0) is 0 Å². The molecule has 0 saturated carbocycles. The summed E-state index contributed by atoms with van der Waals surface area (Å²) in [6.45, 7) is 5.44. The van der Waals surface area contributed by atoms with E-state index in [2.05, 4.69) is 53.8 Å². The summed E-state index contributed by atoms with van der Waals surface area (Å²) in [5, 5.41) is 9.91. The van der Waals surface area contributed by atoms with Crippen molar-refractivity contribution in [2.75, 3.05) is 11.4 Å². The topological polar surface area (TPSA) is 35.5 Å². The number of anilines is 2. The fraction of sp³-hybridized carbons (Fsp3) is 0.400. The first-order valence-electron chi connectivity index (χ1n) is 8.77. The Morgan fingerprint density at radius 3 is 2.67 bits per heavy atom. The van der Waals surface area contributed by atoms with Gasteiger partial charge in [0.1, 0.15) is 5.75 Å². The van der Waals surface area contributed by atoms with Crippen LogP contribution in [0.2, 0.25) is 0 Å². The molecule has 0 saturated heterocycles. The smallest absolute Gasteiger partial charge is 0.116 e. The molecule has 0 fully saturated rings. The number of hydrogen-bond donors (Lipinski definition) is 2. The lowest BCUT2D eigenvalue weighted by Crippen LogP contribution is -2.48. The molecule has 0 radical (unpaired) electrons. The molecule has 1 heterocycles. The maximum Gasteiger partial charge on any atom is 0.116 e. The summed E-state index contributed by atoms with van der Waals surface area (Å²) < 4.78 is 3.73. The summed E-state index contributed by atoms with van der Waals surface area (Å²) in [6, 6.07) is 16.2. The predicted octanol–water partition coefficient (Wildman–Crippen LogP) is 5.48. The standard InChI is InChI=1S/C20H26N2OS/c1-3-5-13-20(4-2)15-22(16-9-7-6-8-10-16)18-12-11-17(23)14-19(18)24-21-20/h6-12,14,21,23H,3-5,13,15H2,1-2H3/t20-/m0/s1. The number of hydrogen-bond acceptors (Lipinski definition) is 4. The van der Waals surface area contributed by atoms with Crippen LogP contribution in [0, 0.1) is 0 Å². The maximum absolute atomic E-state index is 9.91. The van der Waals surface area contributed by atoms with E-state index < -0.39 is 0 Å². The molecule has 0 amide bonds. The van der Waals surface area contributed by atoms with Crippen molar-refractivity contribution in [2.45, 2.75) is 50.0 Å². The van der Waals surface area contributed by atoms with Crippen molar-refractivity contribution in [1.29, 1.82) is 0 Å². The Bertz CT molecular complexity index is 677. The molecule has 128 valence electrons. The van der Waals surface area contributed by atoms with Crippen molar-refractivity contribution in [3.63, 3.8) is 0 Å². The van der Waals surface area contributed by atoms with Crippen molar-refractivity contribution >= 4 is 23.3 Å². The van der Waals surface area contributed by atoms with Gasteiger partial charge in [0, 0.05) is 17.8 Å². The van der Waals surface area contributed by atoms with Crippen molar-refractivity contribution in [3.8, 4) is 5.75 Å². The first-order valence-corrected chi connectivity index (χ1v) is 9.59. The summed E-state index contributed by atoms with van der Waals surface area (Å²) in [4.78, 5) is 3.46. The Morgan fingerprint density at radius 1 is 1.17 bits per heavy atom. The second-order valence-electron chi connectivity index (χ2n) is 6.52. The molecule has 3 nitrogen and oxygen atoms in total. The van der Waals surface area contributed by atoms with E-state index in [-0.39, 0.29) is 5.54 Å². The van der Waals surface area contributed by atoms with Gasteiger partial charge in [-0.05, 0) is 55.1 Å². The zero-order valence-electron chi connectivity index (χ0n) is 14.5. The fourth-order valence-corrected chi connectivity index (χ4v) is 4.34. The Kier molecular flexibility index (Phi) is 5.36. The number of aromatic hydroxyl groups is 1. The second kappa shape index (κ2) is 7.49. The van der Waals surface area contributed by atoms with Gasteiger partial charge in [-0.3, -0.25) is 4.72 Å². The highest BCUT2D eigenvalue weighted by molar-refractivity contribution is 7.97. The van der Waals surface area contributed by atoms with Crippen LogP contribution in [0.5, 0.6) is 5.75 Å². The van der Waals surface area contributed by atoms with Crippen LogP contribution in [0.1, 0.15) is 39.5 Å². The minimum Gasteiger partial charge on any atom is -0.508 e. The van der Waals surface area contributed by atoms with E-state index in [0.717, 1.165) is 30.0 Å². The molecule has 2 N–H and O–H groups in total. The van der Waals surface area contributed by atoms with E-state index in [0.29, 0.717) is 5.75 Å². The van der Waals surface area contributed by atoms with Gasteiger partial charge in [-0.25, -0.2) is 0 Å². The minimum atomic E-state index is 0.0607. The molecule has 0 unspecified atom stereocenters. The highest BCUT2D eigenvalue weighted by atomic mass is 32.2. The van der Waals surface area contributed by atoms with E-state index in [1.807, 2.05) is 12.1 Å². The van der Waals surface area contributed by atoms with E-state index in [1.54, 1.807) is 18.0 Å². The highest BCUT2D eigenvalue weighted by Crippen LogP contribution is 2.42. The number of nitrogens with one attached hydrogen (secondary N) is 1. The van der Waals surface area contributed by atoms with E-state index in [9.17, 15) is 5.11 Å². The Labute approximate surface area is 149 Å². The number of fused-ring (bicyclic) bond motifs is 1. The highest BCUT2D eigenvalue weighted by Gasteiger charge is 2.34. The third-order valence-corrected chi connectivity index (χ3v) is 5.91. The summed E-state index contributed by atoms with van der Waals surface area (Å²) in [5.74, 6) is 0.314. The van der Waals surface area contributed by atoms with Gasteiger partial charge in [0.25, 0.3) is 0 Å². The Morgan fingerprint density at radius 2 is 1.96 bits per heavy atom. The molecule has 1 aliphatic heterocycles. The largest absolute Gasteiger partial charge is 0.508 e. The lowest BCUT2D eigenvalue weighted by atomic mass is 9.90. The average Bonchev–Trinajstić information content (AvgIpc) is 2.78. The molecule has 0 aromatic heterocycles. The fourth-order valence-electron chi connectivity index (χ4n) is 3.24.